The molecule has 0 radical (unpaired) electrons. The van der Waals surface area contributed by atoms with Gasteiger partial charge < -0.3 is 15.0 Å². The van der Waals surface area contributed by atoms with Crippen molar-refractivity contribution in [1.29, 1.82) is 0 Å². The van der Waals surface area contributed by atoms with E-state index < -0.39 is 47.5 Å². The topological polar surface area (TPSA) is 75.7 Å². The van der Waals surface area contributed by atoms with E-state index in [0.29, 0.717) is 17.2 Å². The smallest absolute Gasteiger partial charge is 0.337 e. The monoisotopic (exact) mass is 406 g/mol. The van der Waals surface area contributed by atoms with Gasteiger partial charge in [-0.1, -0.05) is 12.1 Å². The lowest BCUT2D eigenvalue weighted by Gasteiger charge is -2.15. The highest BCUT2D eigenvalue weighted by molar-refractivity contribution is 5.98. The van der Waals surface area contributed by atoms with Crippen LogP contribution in [0, 0.1) is 17.5 Å². The summed E-state index contributed by atoms with van der Waals surface area (Å²) in [6.07, 6.45) is 2.69. The number of benzene rings is 2. The number of methoxy groups -OCH3 is 1. The SMILES string of the molecule is COC(=O)c1ccc(C=CC(=O)N(C)CC(=O)Nc2ccc(F)c(F)c2F)cc1. The summed E-state index contributed by atoms with van der Waals surface area (Å²) < 4.78 is 44.3. The van der Waals surface area contributed by atoms with Gasteiger partial charge in [0.25, 0.3) is 0 Å². The van der Waals surface area contributed by atoms with E-state index in [2.05, 4.69) is 10.1 Å². The summed E-state index contributed by atoms with van der Waals surface area (Å²) in [5, 5.41) is 2.08. The Morgan fingerprint density at radius 2 is 1.69 bits per heavy atom. The Balaban J connectivity index is 1.94. The molecule has 0 aliphatic carbocycles. The largest absolute Gasteiger partial charge is 0.465 e. The molecule has 0 aliphatic rings. The summed E-state index contributed by atoms with van der Waals surface area (Å²) in [7, 11) is 2.61. The number of ether oxygens (including phenoxy) is 1. The molecule has 0 aromatic heterocycles. The van der Waals surface area contributed by atoms with E-state index in [1.54, 1.807) is 12.1 Å². The van der Waals surface area contributed by atoms with Crippen LogP contribution in [0.2, 0.25) is 0 Å². The Hall–Kier alpha value is -3.62. The number of amides is 2. The second kappa shape index (κ2) is 9.54. The molecule has 2 amide bonds. The minimum atomic E-state index is -1.70. The Bertz CT molecular complexity index is 959. The molecule has 2 aromatic rings. The van der Waals surface area contributed by atoms with Crippen LogP contribution in [0.15, 0.2) is 42.5 Å². The van der Waals surface area contributed by atoms with E-state index in [-0.39, 0.29) is 0 Å². The molecule has 0 heterocycles. The van der Waals surface area contributed by atoms with E-state index in [1.807, 2.05) is 0 Å². The third-order valence-electron chi connectivity index (χ3n) is 3.82. The van der Waals surface area contributed by atoms with Gasteiger partial charge in [-0.25, -0.2) is 18.0 Å². The molecule has 0 saturated carbocycles. The van der Waals surface area contributed by atoms with E-state index >= 15 is 0 Å². The maximum absolute atomic E-state index is 13.6. The summed E-state index contributed by atoms with van der Waals surface area (Å²) in [6.45, 7) is -0.442. The number of esters is 1. The van der Waals surface area contributed by atoms with Crippen LogP contribution in [0.5, 0.6) is 0 Å². The summed E-state index contributed by atoms with van der Waals surface area (Å²) in [5.74, 6) is -6.40. The van der Waals surface area contributed by atoms with Gasteiger partial charge in [0.15, 0.2) is 17.5 Å². The van der Waals surface area contributed by atoms with Gasteiger partial charge in [0.05, 0.1) is 24.9 Å². The molecular weight excluding hydrogens is 389 g/mol. The van der Waals surface area contributed by atoms with Crippen molar-refractivity contribution < 1.29 is 32.3 Å². The predicted octanol–water partition coefficient (Wildman–Crippen LogP) is 3.00. The van der Waals surface area contributed by atoms with Crippen LogP contribution in [0.1, 0.15) is 15.9 Å². The highest BCUT2D eigenvalue weighted by atomic mass is 19.2. The van der Waals surface area contributed by atoms with Crippen molar-refractivity contribution in [2.75, 3.05) is 26.0 Å². The van der Waals surface area contributed by atoms with Crippen molar-refractivity contribution in [3.8, 4) is 0 Å². The molecular formula is C20H17F3N2O4. The standard InChI is InChI=1S/C20H17F3N2O4/c1-25(11-16(26)24-15-9-8-14(21)18(22)19(15)23)17(27)10-5-12-3-6-13(7-4-12)20(28)29-2/h3-10H,11H2,1-2H3,(H,24,26). The Labute approximate surface area is 164 Å². The van der Waals surface area contributed by atoms with E-state index in [9.17, 15) is 27.6 Å². The van der Waals surface area contributed by atoms with Crippen LogP contribution < -0.4 is 5.32 Å². The highest BCUT2D eigenvalue weighted by Gasteiger charge is 2.17. The van der Waals surface area contributed by atoms with Crippen molar-refractivity contribution in [2.24, 2.45) is 0 Å². The molecule has 152 valence electrons. The van der Waals surface area contributed by atoms with Crippen LogP contribution in [-0.2, 0) is 14.3 Å². The number of anilines is 1. The first kappa shape index (κ1) is 21.7. The Morgan fingerprint density at radius 3 is 2.31 bits per heavy atom. The fraction of sp³-hybridized carbons (Fsp3) is 0.150. The number of nitrogens with zero attached hydrogens (tertiary/aromatic N) is 1. The summed E-state index contributed by atoms with van der Waals surface area (Å²) in [4.78, 5) is 36.4. The van der Waals surface area contributed by atoms with Crippen LogP contribution >= 0.6 is 0 Å². The third kappa shape index (κ3) is 5.68. The van der Waals surface area contributed by atoms with E-state index in [0.717, 1.165) is 11.0 Å². The number of carbonyl (C=O) groups excluding carboxylic acids is 3. The van der Waals surface area contributed by atoms with Gasteiger partial charge in [0.1, 0.15) is 0 Å². The molecule has 0 atom stereocenters. The quantitative estimate of drug-likeness (QED) is 0.455. The lowest BCUT2D eigenvalue weighted by Crippen LogP contribution is -2.34. The van der Waals surface area contributed by atoms with Gasteiger partial charge in [-0.2, -0.15) is 0 Å². The summed E-state index contributed by atoms with van der Waals surface area (Å²) in [6, 6.07) is 7.83. The zero-order valence-corrected chi connectivity index (χ0v) is 15.5. The maximum atomic E-state index is 13.6. The minimum absolute atomic E-state index is 0.356. The van der Waals surface area contributed by atoms with Crippen molar-refractivity contribution in [1.82, 2.24) is 4.90 Å². The number of rotatable bonds is 6. The van der Waals surface area contributed by atoms with Crippen molar-refractivity contribution in [2.45, 2.75) is 0 Å². The molecule has 6 nitrogen and oxygen atoms in total. The van der Waals surface area contributed by atoms with Crippen molar-refractivity contribution in [3.05, 3.63) is 71.1 Å². The normalized spacial score (nSPS) is 10.7. The number of nitrogens with one attached hydrogen (secondary N) is 1. The molecule has 1 N–H and O–H groups in total. The van der Waals surface area contributed by atoms with Gasteiger partial charge in [-0.05, 0) is 35.9 Å². The number of hydrogen-bond donors (Lipinski definition) is 1. The molecule has 0 fully saturated rings. The molecule has 0 unspecified atom stereocenters. The van der Waals surface area contributed by atoms with Crippen molar-refractivity contribution in [3.63, 3.8) is 0 Å². The van der Waals surface area contributed by atoms with Crippen LogP contribution in [0.3, 0.4) is 0 Å². The number of hydrogen-bond acceptors (Lipinski definition) is 4. The van der Waals surface area contributed by atoms with Crippen molar-refractivity contribution >= 4 is 29.5 Å². The summed E-state index contributed by atoms with van der Waals surface area (Å²) >= 11 is 0. The van der Waals surface area contributed by atoms with Gasteiger partial charge in [0, 0.05) is 13.1 Å². The predicted molar refractivity (Wildman–Crippen MR) is 99.4 cm³/mol. The highest BCUT2D eigenvalue weighted by Crippen LogP contribution is 2.19. The number of halogens is 3. The zero-order chi connectivity index (χ0) is 21.6. The van der Waals surface area contributed by atoms with E-state index in [1.165, 1.54) is 38.4 Å². The first-order valence-corrected chi connectivity index (χ1v) is 8.28. The van der Waals surface area contributed by atoms with Crippen LogP contribution in [0.25, 0.3) is 6.08 Å². The molecule has 0 bridgehead atoms. The lowest BCUT2D eigenvalue weighted by molar-refractivity contribution is -0.129. The third-order valence-corrected chi connectivity index (χ3v) is 3.82. The molecule has 2 aromatic carbocycles. The molecule has 0 saturated heterocycles. The first-order chi connectivity index (χ1) is 13.7. The van der Waals surface area contributed by atoms with Crippen LogP contribution in [0.4, 0.5) is 18.9 Å². The Kier molecular flexibility index (Phi) is 7.13. The first-order valence-electron chi connectivity index (χ1n) is 8.28. The second-order valence-corrected chi connectivity index (χ2v) is 5.91. The molecule has 0 spiro atoms. The van der Waals surface area contributed by atoms with Crippen LogP contribution in [-0.4, -0.2) is 43.4 Å². The second-order valence-electron chi connectivity index (χ2n) is 5.91. The number of carbonyl (C=O) groups is 3. The average molecular weight is 406 g/mol. The lowest BCUT2D eigenvalue weighted by atomic mass is 10.1. The van der Waals surface area contributed by atoms with Gasteiger partial charge in [-0.3, -0.25) is 9.59 Å². The zero-order valence-electron chi connectivity index (χ0n) is 15.5. The molecule has 0 aliphatic heterocycles. The Morgan fingerprint density at radius 1 is 1.03 bits per heavy atom. The molecule has 2 rings (SSSR count). The number of likely N-dealkylation sites (N-methyl/N-ethyl adjacent to an activating group) is 1. The van der Waals surface area contributed by atoms with Gasteiger partial charge >= 0.3 is 5.97 Å². The van der Waals surface area contributed by atoms with Gasteiger partial charge in [0.2, 0.25) is 11.8 Å². The maximum Gasteiger partial charge on any atom is 0.337 e. The average Bonchev–Trinajstić information content (AvgIpc) is 2.72. The minimum Gasteiger partial charge on any atom is -0.465 e. The summed E-state index contributed by atoms with van der Waals surface area (Å²) in [5.41, 5.74) is 0.456. The molecule has 9 heteroatoms. The fourth-order valence-corrected chi connectivity index (χ4v) is 2.25. The van der Waals surface area contributed by atoms with Gasteiger partial charge in [-0.15, -0.1) is 0 Å². The fourth-order valence-electron chi connectivity index (χ4n) is 2.25. The molecule has 29 heavy (non-hydrogen) atoms. The van der Waals surface area contributed by atoms with E-state index in [4.69, 9.17) is 0 Å².